The van der Waals surface area contributed by atoms with Crippen molar-refractivity contribution in [3.05, 3.63) is 51.8 Å². The SMILES string of the molecule is Cc1nn(Cc2ccccc2Cl)c(C)c1CNC[C@H]([C@@H]1CCOC1)N1CCOCC1. The van der Waals surface area contributed by atoms with Gasteiger partial charge in [-0.15, -0.1) is 0 Å². The quantitative estimate of drug-likeness (QED) is 0.694. The highest BCUT2D eigenvalue weighted by Crippen LogP contribution is 2.23. The predicted molar refractivity (Wildman–Crippen MR) is 119 cm³/mol. The molecule has 2 aromatic rings. The molecule has 2 atom stereocenters. The minimum absolute atomic E-state index is 0.496. The largest absolute Gasteiger partial charge is 0.381 e. The third-order valence-electron chi connectivity index (χ3n) is 6.49. The Labute approximate surface area is 184 Å². The second-order valence-electron chi connectivity index (χ2n) is 8.37. The number of halogens is 1. The molecule has 0 bridgehead atoms. The van der Waals surface area contributed by atoms with E-state index in [1.165, 1.54) is 11.3 Å². The third kappa shape index (κ3) is 5.06. The normalized spacial score (nSPS) is 21.2. The molecule has 0 spiro atoms. The van der Waals surface area contributed by atoms with Crippen LogP contribution in [-0.4, -0.2) is 66.8 Å². The summed E-state index contributed by atoms with van der Waals surface area (Å²) < 4.78 is 13.3. The van der Waals surface area contributed by atoms with Gasteiger partial charge in [-0.25, -0.2) is 0 Å². The van der Waals surface area contributed by atoms with Crippen LogP contribution in [0.15, 0.2) is 24.3 Å². The van der Waals surface area contributed by atoms with E-state index in [2.05, 4.69) is 34.8 Å². The van der Waals surface area contributed by atoms with Crippen LogP contribution in [0, 0.1) is 19.8 Å². The molecule has 0 saturated carbocycles. The number of benzene rings is 1. The fraction of sp³-hybridized carbons (Fsp3) is 0.609. The van der Waals surface area contributed by atoms with Crippen LogP contribution in [0.25, 0.3) is 0 Å². The number of nitrogens with one attached hydrogen (secondary N) is 1. The van der Waals surface area contributed by atoms with Crippen molar-refractivity contribution in [2.24, 2.45) is 5.92 Å². The van der Waals surface area contributed by atoms with Gasteiger partial charge in [-0.1, -0.05) is 29.8 Å². The zero-order chi connectivity index (χ0) is 20.9. The van der Waals surface area contributed by atoms with Crippen molar-refractivity contribution in [2.75, 3.05) is 46.1 Å². The van der Waals surface area contributed by atoms with Gasteiger partial charge in [-0.3, -0.25) is 9.58 Å². The molecule has 0 radical (unpaired) electrons. The molecule has 164 valence electrons. The number of ether oxygens (including phenoxy) is 2. The fourth-order valence-corrected chi connectivity index (χ4v) is 4.83. The first-order chi connectivity index (χ1) is 14.6. The smallest absolute Gasteiger partial charge is 0.0677 e. The molecule has 0 aliphatic carbocycles. The van der Waals surface area contributed by atoms with E-state index in [-0.39, 0.29) is 0 Å². The average molecular weight is 433 g/mol. The van der Waals surface area contributed by atoms with Crippen LogP contribution >= 0.6 is 11.6 Å². The number of hydrogen-bond acceptors (Lipinski definition) is 5. The summed E-state index contributed by atoms with van der Waals surface area (Å²) in [7, 11) is 0. The molecule has 1 aromatic heterocycles. The molecule has 2 aliphatic heterocycles. The molecule has 4 rings (SSSR count). The van der Waals surface area contributed by atoms with E-state index >= 15 is 0 Å². The maximum atomic E-state index is 6.35. The summed E-state index contributed by atoms with van der Waals surface area (Å²) in [5.74, 6) is 0.598. The molecule has 3 heterocycles. The lowest BCUT2D eigenvalue weighted by atomic mass is 9.96. The van der Waals surface area contributed by atoms with Crippen LogP contribution in [0.4, 0.5) is 0 Å². The lowest BCUT2D eigenvalue weighted by molar-refractivity contribution is 0.00137. The van der Waals surface area contributed by atoms with E-state index in [1.54, 1.807) is 0 Å². The van der Waals surface area contributed by atoms with Gasteiger partial charge < -0.3 is 14.8 Å². The van der Waals surface area contributed by atoms with Gasteiger partial charge in [0.25, 0.3) is 0 Å². The first kappa shape index (κ1) is 21.8. The van der Waals surface area contributed by atoms with Gasteiger partial charge in [0.15, 0.2) is 0 Å². The molecular weight excluding hydrogens is 400 g/mol. The van der Waals surface area contributed by atoms with Crippen LogP contribution in [-0.2, 0) is 22.6 Å². The topological polar surface area (TPSA) is 51.5 Å². The minimum atomic E-state index is 0.496. The standard InChI is InChI=1S/C23H33ClN4O2/c1-17-21(18(2)28(26-17)15-19-5-3-4-6-22(19)24)13-25-14-23(20-7-10-30-16-20)27-8-11-29-12-9-27/h3-6,20,23,25H,7-16H2,1-2H3/t20-,23-/m1/s1. The van der Waals surface area contributed by atoms with Crippen molar-refractivity contribution >= 4 is 11.6 Å². The Morgan fingerprint density at radius 2 is 1.97 bits per heavy atom. The maximum absolute atomic E-state index is 6.35. The van der Waals surface area contributed by atoms with E-state index in [4.69, 9.17) is 26.2 Å². The molecule has 7 heteroatoms. The molecule has 2 saturated heterocycles. The minimum Gasteiger partial charge on any atom is -0.381 e. The molecular formula is C23H33ClN4O2. The van der Waals surface area contributed by atoms with Gasteiger partial charge in [-0.2, -0.15) is 5.10 Å². The van der Waals surface area contributed by atoms with Gasteiger partial charge in [0.05, 0.1) is 32.1 Å². The summed E-state index contributed by atoms with van der Waals surface area (Å²) in [6, 6.07) is 8.48. The Hall–Kier alpha value is -1.44. The molecule has 2 fully saturated rings. The molecule has 1 aromatic carbocycles. The van der Waals surface area contributed by atoms with E-state index in [0.717, 1.165) is 75.3 Å². The van der Waals surface area contributed by atoms with E-state index < -0.39 is 0 Å². The van der Waals surface area contributed by atoms with Gasteiger partial charge in [-0.05, 0) is 31.9 Å². The van der Waals surface area contributed by atoms with Crippen LogP contribution < -0.4 is 5.32 Å². The van der Waals surface area contributed by atoms with Crippen LogP contribution in [0.2, 0.25) is 5.02 Å². The second-order valence-corrected chi connectivity index (χ2v) is 8.78. The van der Waals surface area contributed by atoms with Crippen molar-refractivity contribution in [3.8, 4) is 0 Å². The van der Waals surface area contributed by atoms with Crippen molar-refractivity contribution in [1.29, 1.82) is 0 Å². The van der Waals surface area contributed by atoms with Crippen LogP contribution in [0.3, 0.4) is 0 Å². The number of hydrogen-bond donors (Lipinski definition) is 1. The number of rotatable bonds is 8. The van der Waals surface area contributed by atoms with Crippen LogP contribution in [0.1, 0.15) is 28.9 Å². The van der Waals surface area contributed by atoms with Gasteiger partial charge in [0.2, 0.25) is 0 Å². The summed E-state index contributed by atoms with van der Waals surface area (Å²) in [6.45, 7) is 12.2. The average Bonchev–Trinajstić information content (AvgIpc) is 3.37. The van der Waals surface area contributed by atoms with Crippen molar-refractivity contribution in [2.45, 2.75) is 39.4 Å². The highest BCUT2D eigenvalue weighted by atomic mass is 35.5. The van der Waals surface area contributed by atoms with Gasteiger partial charge in [0, 0.05) is 61.0 Å². The van der Waals surface area contributed by atoms with Gasteiger partial charge in [0.1, 0.15) is 0 Å². The maximum Gasteiger partial charge on any atom is 0.0677 e. The van der Waals surface area contributed by atoms with E-state index in [0.29, 0.717) is 18.5 Å². The number of nitrogens with zero attached hydrogens (tertiary/aromatic N) is 3. The van der Waals surface area contributed by atoms with Crippen molar-refractivity contribution < 1.29 is 9.47 Å². The highest BCUT2D eigenvalue weighted by molar-refractivity contribution is 6.31. The van der Waals surface area contributed by atoms with Crippen LogP contribution in [0.5, 0.6) is 0 Å². The zero-order valence-electron chi connectivity index (χ0n) is 18.1. The third-order valence-corrected chi connectivity index (χ3v) is 6.86. The number of aryl methyl sites for hydroxylation is 1. The lowest BCUT2D eigenvalue weighted by Crippen LogP contribution is -2.51. The number of morpholine rings is 1. The molecule has 0 unspecified atom stereocenters. The van der Waals surface area contributed by atoms with E-state index in [9.17, 15) is 0 Å². The van der Waals surface area contributed by atoms with E-state index in [1.807, 2.05) is 18.2 Å². The summed E-state index contributed by atoms with van der Waals surface area (Å²) in [5.41, 5.74) is 4.66. The summed E-state index contributed by atoms with van der Waals surface area (Å²) in [5, 5.41) is 9.30. The van der Waals surface area contributed by atoms with Crippen molar-refractivity contribution in [1.82, 2.24) is 20.0 Å². The zero-order valence-corrected chi connectivity index (χ0v) is 18.8. The highest BCUT2D eigenvalue weighted by Gasteiger charge is 2.31. The van der Waals surface area contributed by atoms with Crippen molar-refractivity contribution in [3.63, 3.8) is 0 Å². The first-order valence-electron chi connectivity index (χ1n) is 11.0. The Morgan fingerprint density at radius 1 is 1.17 bits per heavy atom. The summed E-state index contributed by atoms with van der Waals surface area (Å²) in [4.78, 5) is 2.58. The summed E-state index contributed by atoms with van der Waals surface area (Å²) in [6.07, 6.45) is 1.15. The first-order valence-corrected chi connectivity index (χ1v) is 11.4. The molecule has 2 aliphatic rings. The number of aromatic nitrogens is 2. The molecule has 6 nitrogen and oxygen atoms in total. The molecule has 0 amide bonds. The lowest BCUT2D eigenvalue weighted by Gasteiger charge is -2.37. The molecule has 30 heavy (non-hydrogen) atoms. The van der Waals surface area contributed by atoms with Gasteiger partial charge >= 0.3 is 0 Å². The Balaban J connectivity index is 1.40. The molecule has 1 N–H and O–H groups in total. The Kier molecular flexibility index (Phi) is 7.44. The monoisotopic (exact) mass is 432 g/mol. The summed E-state index contributed by atoms with van der Waals surface area (Å²) >= 11 is 6.35. The fourth-order valence-electron chi connectivity index (χ4n) is 4.64. The Morgan fingerprint density at radius 3 is 2.70 bits per heavy atom. The second kappa shape index (κ2) is 10.2. The predicted octanol–water partition coefficient (Wildman–Crippen LogP) is 3.03. The Bertz CT molecular complexity index is 829.